The van der Waals surface area contributed by atoms with E-state index in [0.29, 0.717) is 0 Å². The monoisotopic (exact) mass is 113 g/mol. The molecule has 1 N–H and O–H groups in total. The highest BCUT2D eigenvalue weighted by atomic mass is 16.3. The predicted octanol–water partition coefficient (Wildman–Crippen LogP) is 1.38. The molecular formula is C7H13O. The minimum absolute atomic E-state index is 0.162. The number of hydrogen-bond acceptors (Lipinski definition) is 1. The van der Waals surface area contributed by atoms with Crippen LogP contribution in [-0.4, -0.2) is 11.2 Å². The van der Waals surface area contributed by atoms with Crippen LogP contribution in [0.4, 0.5) is 0 Å². The van der Waals surface area contributed by atoms with Crippen molar-refractivity contribution in [1.82, 2.24) is 0 Å². The molecule has 8 heavy (non-hydrogen) atoms. The van der Waals surface area contributed by atoms with E-state index in [1.165, 1.54) is 0 Å². The van der Waals surface area contributed by atoms with Gasteiger partial charge in [-0.15, -0.1) is 0 Å². The van der Waals surface area contributed by atoms with Gasteiger partial charge in [0.25, 0.3) is 0 Å². The van der Waals surface area contributed by atoms with E-state index in [1.54, 1.807) is 13.0 Å². The van der Waals surface area contributed by atoms with E-state index < -0.39 is 0 Å². The largest absolute Gasteiger partial charge is 0.393 e. The Kier molecular flexibility index (Phi) is 3.53. The summed E-state index contributed by atoms with van der Waals surface area (Å²) in [5.74, 6) is 0.162. The number of hydrogen-bond donors (Lipinski definition) is 1. The molecule has 2 atom stereocenters. The van der Waals surface area contributed by atoms with Crippen LogP contribution < -0.4 is 0 Å². The van der Waals surface area contributed by atoms with Crippen LogP contribution in [-0.2, 0) is 0 Å². The van der Waals surface area contributed by atoms with Gasteiger partial charge in [0.15, 0.2) is 0 Å². The molecule has 0 aromatic heterocycles. The molecule has 0 saturated carbocycles. The van der Waals surface area contributed by atoms with Gasteiger partial charge in [-0.05, 0) is 13.3 Å². The first-order chi connectivity index (χ1) is 3.72. The lowest BCUT2D eigenvalue weighted by atomic mass is 10.0. The molecule has 0 spiro atoms. The van der Waals surface area contributed by atoms with Crippen molar-refractivity contribution < 1.29 is 5.11 Å². The molecule has 0 rings (SSSR count). The van der Waals surface area contributed by atoms with E-state index in [4.69, 9.17) is 11.7 Å². The van der Waals surface area contributed by atoms with E-state index in [0.717, 1.165) is 6.42 Å². The van der Waals surface area contributed by atoms with E-state index in [-0.39, 0.29) is 12.0 Å². The minimum atomic E-state index is -0.301. The number of aliphatic hydroxyl groups is 1. The maximum atomic E-state index is 8.90. The van der Waals surface area contributed by atoms with Crippen LogP contribution in [0, 0.1) is 12.5 Å². The Bertz CT molecular complexity index is 66.8. The topological polar surface area (TPSA) is 20.2 Å². The average Bonchev–Trinajstić information content (AvgIpc) is 1.69. The number of aliphatic hydroxyl groups excluding tert-OH is 1. The molecule has 0 bridgehead atoms. The second kappa shape index (κ2) is 3.67. The first-order valence-electron chi connectivity index (χ1n) is 2.95. The van der Waals surface area contributed by atoms with Crippen LogP contribution >= 0.6 is 0 Å². The van der Waals surface area contributed by atoms with Crippen molar-refractivity contribution in [2.45, 2.75) is 26.4 Å². The summed E-state index contributed by atoms with van der Waals surface area (Å²) in [5, 5.41) is 8.90. The van der Waals surface area contributed by atoms with Crippen molar-refractivity contribution in [1.29, 1.82) is 0 Å². The van der Waals surface area contributed by atoms with Crippen molar-refractivity contribution in [3.63, 3.8) is 0 Å². The molecule has 2 unspecified atom stereocenters. The zero-order valence-electron chi connectivity index (χ0n) is 5.46. The molecule has 1 radical (unpaired) electrons. The first-order valence-corrected chi connectivity index (χ1v) is 2.95. The summed E-state index contributed by atoms with van der Waals surface area (Å²) in [4.78, 5) is 0. The Labute approximate surface area is 51.0 Å². The normalized spacial score (nSPS) is 17.4. The van der Waals surface area contributed by atoms with Gasteiger partial charge < -0.3 is 5.11 Å². The summed E-state index contributed by atoms with van der Waals surface area (Å²) < 4.78 is 0. The number of rotatable bonds is 3. The lowest BCUT2D eigenvalue weighted by Crippen LogP contribution is -2.12. The summed E-state index contributed by atoms with van der Waals surface area (Å²) in [6.45, 7) is 8.95. The molecule has 0 heterocycles. The van der Waals surface area contributed by atoms with Crippen LogP contribution in [0.5, 0.6) is 0 Å². The zero-order valence-corrected chi connectivity index (χ0v) is 5.46. The molecule has 0 aromatic carbocycles. The van der Waals surface area contributed by atoms with Crippen molar-refractivity contribution >= 4 is 0 Å². The fraction of sp³-hybridized carbons (Fsp3) is 0.714. The lowest BCUT2D eigenvalue weighted by Gasteiger charge is -2.11. The van der Waals surface area contributed by atoms with Crippen molar-refractivity contribution in [3.05, 3.63) is 12.7 Å². The molecule has 1 heteroatoms. The van der Waals surface area contributed by atoms with Gasteiger partial charge in [-0.3, -0.25) is 0 Å². The van der Waals surface area contributed by atoms with Gasteiger partial charge in [-0.25, -0.2) is 0 Å². The van der Waals surface area contributed by atoms with Crippen LogP contribution in [0.15, 0.2) is 6.08 Å². The van der Waals surface area contributed by atoms with Crippen LogP contribution in [0.25, 0.3) is 0 Å². The van der Waals surface area contributed by atoms with Crippen LogP contribution in [0.1, 0.15) is 20.3 Å². The van der Waals surface area contributed by atoms with Gasteiger partial charge in [0.1, 0.15) is 0 Å². The summed E-state index contributed by atoms with van der Waals surface area (Å²) in [6, 6.07) is 0. The van der Waals surface area contributed by atoms with E-state index in [1.807, 2.05) is 6.92 Å². The van der Waals surface area contributed by atoms with Crippen molar-refractivity contribution in [2.75, 3.05) is 0 Å². The van der Waals surface area contributed by atoms with Gasteiger partial charge in [0.05, 0.1) is 6.10 Å². The fourth-order valence-electron chi connectivity index (χ4n) is 0.638. The molecule has 0 amide bonds. The Morgan fingerprint density at radius 1 is 1.75 bits per heavy atom. The molecule has 0 fully saturated rings. The van der Waals surface area contributed by atoms with Gasteiger partial charge in [-0.1, -0.05) is 19.6 Å². The molecule has 0 aromatic rings. The molecule has 1 nitrogen and oxygen atoms in total. The second-order valence-corrected chi connectivity index (χ2v) is 2.01. The molecule has 0 saturated heterocycles. The summed E-state index contributed by atoms with van der Waals surface area (Å²) >= 11 is 0. The van der Waals surface area contributed by atoms with E-state index in [2.05, 4.69) is 0 Å². The Balaban J connectivity index is 3.51. The van der Waals surface area contributed by atoms with Gasteiger partial charge >= 0.3 is 0 Å². The highest BCUT2D eigenvalue weighted by Gasteiger charge is 2.05. The highest BCUT2D eigenvalue weighted by Crippen LogP contribution is 2.07. The van der Waals surface area contributed by atoms with Crippen LogP contribution in [0.2, 0.25) is 0 Å². The highest BCUT2D eigenvalue weighted by molar-refractivity contribution is 4.78. The van der Waals surface area contributed by atoms with Gasteiger partial charge in [-0.2, -0.15) is 0 Å². The summed E-state index contributed by atoms with van der Waals surface area (Å²) in [7, 11) is 0. The molecular weight excluding hydrogens is 100 g/mol. The van der Waals surface area contributed by atoms with Gasteiger partial charge in [0.2, 0.25) is 0 Å². The van der Waals surface area contributed by atoms with E-state index >= 15 is 0 Å². The first kappa shape index (κ1) is 7.70. The SMILES string of the molecule is [CH]=CC(CC)C(C)O. The quantitative estimate of drug-likeness (QED) is 0.586. The third-order valence-electron chi connectivity index (χ3n) is 1.34. The fourth-order valence-corrected chi connectivity index (χ4v) is 0.638. The second-order valence-electron chi connectivity index (χ2n) is 2.01. The van der Waals surface area contributed by atoms with E-state index in [9.17, 15) is 0 Å². The third kappa shape index (κ3) is 2.12. The minimum Gasteiger partial charge on any atom is -0.393 e. The average molecular weight is 113 g/mol. The maximum Gasteiger partial charge on any atom is 0.0574 e. The van der Waals surface area contributed by atoms with Crippen LogP contribution in [0.3, 0.4) is 0 Å². The Morgan fingerprint density at radius 2 is 2.25 bits per heavy atom. The maximum absolute atomic E-state index is 8.90. The molecule has 47 valence electrons. The lowest BCUT2D eigenvalue weighted by molar-refractivity contribution is 0.147. The Hall–Kier alpha value is -0.300. The Morgan fingerprint density at radius 3 is 2.25 bits per heavy atom. The smallest absolute Gasteiger partial charge is 0.0574 e. The molecule has 0 aliphatic carbocycles. The summed E-state index contributed by atoms with van der Waals surface area (Å²) in [5.41, 5.74) is 0. The third-order valence-corrected chi connectivity index (χ3v) is 1.34. The molecule has 0 aliphatic heterocycles. The van der Waals surface area contributed by atoms with Crippen molar-refractivity contribution in [3.8, 4) is 0 Å². The standard InChI is InChI=1S/C7H13O/c1-4-7(5-2)6(3)8/h1,4,6-8H,5H2,2-3H3. The zero-order chi connectivity index (χ0) is 6.57. The van der Waals surface area contributed by atoms with Crippen molar-refractivity contribution in [2.24, 2.45) is 5.92 Å². The van der Waals surface area contributed by atoms with Gasteiger partial charge in [0, 0.05) is 5.92 Å². The molecule has 0 aliphatic rings. The predicted molar refractivity (Wildman–Crippen MR) is 34.3 cm³/mol. The summed E-state index contributed by atoms with van der Waals surface area (Å²) in [6.07, 6.45) is 2.16.